The van der Waals surface area contributed by atoms with Gasteiger partial charge in [-0.1, -0.05) is 12.1 Å². The molecular weight excluding hydrogens is 162 g/mol. The summed E-state index contributed by atoms with van der Waals surface area (Å²) < 4.78 is 5.60. The third-order valence-electron chi connectivity index (χ3n) is 2.45. The Hall–Kier alpha value is -1.02. The van der Waals surface area contributed by atoms with Gasteiger partial charge in [0.05, 0.1) is 0 Å². The van der Waals surface area contributed by atoms with Crippen LogP contribution in [0.4, 0.5) is 0 Å². The van der Waals surface area contributed by atoms with Crippen LogP contribution in [0.2, 0.25) is 0 Å². The molecule has 1 aliphatic rings. The molecule has 2 rings (SSSR count). The Balaban J connectivity index is 2.35. The van der Waals surface area contributed by atoms with Crippen LogP contribution in [0.1, 0.15) is 31.0 Å². The summed E-state index contributed by atoms with van der Waals surface area (Å²) in [4.78, 5) is 0. The molecule has 2 atom stereocenters. The normalized spacial score (nSPS) is 22.2. The number of benzene rings is 1. The van der Waals surface area contributed by atoms with Gasteiger partial charge in [0.1, 0.15) is 11.9 Å². The van der Waals surface area contributed by atoms with Crippen molar-refractivity contribution in [3.63, 3.8) is 0 Å². The second-order valence-electron chi connectivity index (χ2n) is 3.79. The van der Waals surface area contributed by atoms with Crippen molar-refractivity contribution in [2.75, 3.05) is 0 Å². The quantitative estimate of drug-likeness (QED) is 0.712. The lowest BCUT2D eigenvalue weighted by Crippen LogP contribution is -2.05. The molecule has 0 aliphatic carbocycles. The van der Waals surface area contributed by atoms with Crippen molar-refractivity contribution >= 4 is 0 Å². The standard InChI is InChI=1S/C11H15NO/c1-7-5-10-6-9(8(2)12)3-4-11(10)13-7/h3-4,6-8H,5,12H2,1-2H3/t7?,8-/m0/s1. The van der Waals surface area contributed by atoms with Gasteiger partial charge in [0.2, 0.25) is 0 Å². The van der Waals surface area contributed by atoms with Crippen LogP contribution in [0.3, 0.4) is 0 Å². The third-order valence-corrected chi connectivity index (χ3v) is 2.45. The maximum absolute atomic E-state index is 5.80. The number of hydrogen-bond acceptors (Lipinski definition) is 2. The van der Waals surface area contributed by atoms with E-state index < -0.39 is 0 Å². The number of fused-ring (bicyclic) bond motifs is 1. The van der Waals surface area contributed by atoms with Crippen LogP contribution in [0.5, 0.6) is 5.75 Å². The summed E-state index contributed by atoms with van der Waals surface area (Å²) in [6.45, 7) is 4.09. The predicted molar refractivity (Wildman–Crippen MR) is 52.8 cm³/mol. The number of ether oxygens (including phenoxy) is 1. The highest BCUT2D eigenvalue weighted by Crippen LogP contribution is 2.30. The molecule has 2 heteroatoms. The molecule has 1 unspecified atom stereocenters. The minimum atomic E-state index is 0.112. The van der Waals surface area contributed by atoms with Gasteiger partial charge in [0, 0.05) is 12.5 Å². The minimum absolute atomic E-state index is 0.112. The van der Waals surface area contributed by atoms with Crippen molar-refractivity contribution in [3.8, 4) is 5.75 Å². The van der Waals surface area contributed by atoms with E-state index in [1.165, 1.54) is 11.1 Å². The Morgan fingerprint density at radius 3 is 3.00 bits per heavy atom. The lowest BCUT2D eigenvalue weighted by molar-refractivity contribution is 0.254. The number of hydrogen-bond donors (Lipinski definition) is 1. The Labute approximate surface area is 78.7 Å². The molecular formula is C11H15NO. The monoisotopic (exact) mass is 177 g/mol. The second kappa shape index (κ2) is 3.04. The van der Waals surface area contributed by atoms with Gasteiger partial charge in [-0.25, -0.2) is 0 Å². The van der Waals surface area contributed by atoms with Crippen LogP contribution >= 0.6 is 0 Å². The van der Waals surface area contributed by atoms with Gasteiger partial charge < -0.3 is 10.5 Å². The molecule has 2 nitrogen and oxygen atoms in total. The van der Waals surface area contributed by atoms with Crippen molar-refractivity contribution in [1.82, 2.24) is 0 Å². The lowest BCUT2D eigenvalue weighted by Gasteiger charge is -2.06. The second-order valence-corrected chi connectivity index (χ2v) is 3.79. The summed E-state index contributed by atoms with van der Waals surface area (Å²) in [7, 11) is 0. The van der Waals surface area contributed by atoms with E-state index in [4.69, 9.17) is 10.5 Å². The molecule has 1 heterocycles. The summed E-state index contributed by atoms with van der Waals surface area (Å²) in [6, 6.07) is 6.34. The molecule has 1 aromatic carbocycles. The van der Waals surface area contributed by atoms with E-state index in [0.29, 0.717) is 6.10 Å². The third kappa shape index (κ3) is 1.54. The molecule has 2 N–H and O–H groups in total. The number of nitrogens with two attached hydrogens (primary N) is 1. The van der Waals surface area contributed by atoms with Crippen LogP contribution in [-0.4, -0.2) is 6.10 Å². The van der Waals surface area contributed by atoms with Gasteiger partial charge >= 0.3 is 0 Å². The van der Waals surface area contributed by atoms with E-state index in [2.05, 4.69) is 13.0 Å². The predicted octanol–water partition coefficient (Wildman–Crippen LogP) is 2.03. The molecule has 0 spiro atoms. The zero-order valence-corrected chi connectivity index (χ0v) is 8.08. The number of rotatable bonds is 1. The van der Waals surface area contributed by atoms with Gasteiger partial charge in [-0.05, 0) is 31.0 Å². The Bertz CT molecular complexity index is 320. The smallest absolute Gasteiger partial charge is 0.123 e. The average molecular weight is 177 g/mol. The van der Waals surface area contributed by atoms with E-state index in [0.717, 1.165) is 12.2 Å². The Morgan fingerprint density at radius 1 is 1.54 bits per heavy atom. The zero-order valence-electron chi connectivity index (χ0n) is 8.08. The largest absolute Gasteiger partial charge is 0.490 e. The summed E-state index contributed by atoms with van der Waals surface area (Å²) in [5.41, 5.74) is 8.29. The van der Waals surface area contributed by atoms with Gasteiger partial charge in [0.15, 0.2) is 0 Å². The summed E-state index contributed by atoms with van der Waals surface area (Å²) >= 11 is 0. The topological polar surface area (TPSA) is 35.2 Å². The van der Waals surface area contributed by atoms with E-state index in [9.17, 15) is 0 Å². The van der Waals surface area contributed by atoms with Crippen molar-refractivity contribution in [2.24, 2.45) is 5.73 Å². The van der Waals surface area contributed by atoms with Gasteiger partial charge in [-0.2, -0.15) is 0 Å². The van der Waals surface area contributed by atoms with Crippen LogP contribution in [0.25, 0.3) is 0 Å². The average Bonchev–Trinajstić information content (AvgIpc) is 2.42. The fraction of sp³-hybridized carbons (Fsp3) is 0.455. The van der Waals surface area contributed by atoms with Crippen molar-refractivity contribution < 1.29 is 4.74 Å². The molecule has 0 fully saturated rings. The minimum Gasteiger partial charge on any atom is -0.490 e. The highest BCUT2D eigenvalue weighted by Gasteiger charge is 2.19. The molecule has 1 aliphatic heterocycles. The van der Waals surface area contributed by atoms with Gasteiger partial charge in [-0.3, -0.25) is 0 Å². The van der Waals surface area contributed by atoms with Crippen molar-refractivity contribution in [2.45, 2.75) is 32.4 Å². The lowest BCUT2D eigenvalue weighted by atomic mass is 10.0. The maximum atomic E-state index is 5.80. The molecule has 0 radical (unpaired) electrons. The van der Waals surface area contributed by atoms with E-state index >= 15 is 0 Å². The zero-order chi connectivity index (χ0) is 9.42. The first-order valence-corrected chi connectivity index (χ1v) is 4.72. The van der Waals surface area contributed by atoms with Gasteiger partial charge in [-0.15, -0.1) is 0 Å². The molecule has 13 heavy (non-hydrogen) atoms. The SMILES string of the molecule is CC1Cc2cc([C@H](C)N)ccc2O1. The fourth-order valence-corrected chi connectivity index (χ4v) is 1.73. The fourth-order valence-electron chi connectivity index (χ4n) is 1.73. The van der Waals surface area contributed by atoms with Crippen molar-refractivity contribution in [3.05, 3.63) is 29.3 Å². The molecule has 0 bridgehead atoms. The van der Waals surface area contributed by atoms with E-state index in [1.807, 2.05) is 19.1 Å². The highest BCUT2D eigenvalue weighted by molar-refractivity contribution is 5.41. The highest BCUT2D eigenvalue weighted by atomic mass is 16.5. The molecule has 0 saturated heterocycles. The maximum Gasteiger partial charge on any atom is 0.123 e. The van der Waals surface area contributed by atoms with E-state index in [-0.39, 0.29) is 6.04 Å². The van der Waals surface area contributed by atoms with Crippen LogP contribution < -0.4 is 10.5 Å². The van der Waals surface area contributed by atoms with Crippen molar-refractivity contribution in [1.29, 1.82) is 0 Å². The van der Waals surface area contributed by atoms with Crippen LogP contribution in [0.15, 0.2) is 18.2 Å². The van der Waals surface area contributed by atoms with Crippen LogP contribution in [0, 0.1) is 0 Å². The summed E-state index contributed by atoms with van der Waals surface area (Å²) in [6.07, 6.45) is 1.33. The Morgan fingerprint density at radius 2 is 2.31 bits per heavy atom. The Kier molecular flexibility index (Phi) is 2.00. The molecule has 0 aromatic heterocycles. The molecule has 70 valence electrons. The molecule has 0 saturated carbocycles. The molecule has 0 amide bonds. The molecule has 1 aromatic rings. The van der Waals surface area contributed by atoms with Gasteiger partial charge in [0.25, 0.3) is 0 Å². The first-order valence-electron chi connectivity index (χ1n) is 4.72. The van der Waals surface area contributed by atoms with Crippen LogP contribution in [-0.2, 0) is 6.42 Å². The first kappa shape index (κ1) is 8.57. The summed E-state index contributed by atoms with van der Waals surface area (Å²) in [5.74, 6) is 1.02. The summed E-state index contributed by atoms with van der Waals surface area (Å²) in [5, 5.41) is 0. The first-order chi connectivity index (χ1) is 6.16. The van der Waals surface area contributed by atoms with E-state index in [1.54, 1.807) is 0 Å².